The predicted molar refractivity (Wildman–Crippen MR) is 67.0 cm³/mol. The summed E-state index contributed by atoms with van der Waals surface area (Å²) in [6.45, 7) is 6.64. The number of anilines is 1. The van der Waals surface area contributed by atoms with E-state index in [1.165, 1.54) is 19.3 Å². The lowest BCUT2D eigenvalue weighted by molar-refractivity contribution is 0.269. The van der Waals surface area contributed by atoms with E-state index in [2.05, 4.69) is 20.4 Å². The molecule has 5 nitrogen and oxygen atoms in total. The summed E-state index contributed by atoms with van der Waals surface area (Å²) in [5, 5.41) is 2.17. The first-order valence-electron chi connectivity index (χ1n) is 6.28. The fourth-order valence-electron chi connectivity index (χ4n) is 1.96. The maximum Gasteiger partial charge on any atom is 0.241 e. The zero-order chi connectivity index (χ0) is 12.1. The van der Waals surface area contributed by atoms with E-state index in [1.54, 1.807) is 0 Å². The van der Waals surface area contributed by atoms with Gasteiger partial charge in [0.25, 0.3) is 0 Å². The van der Waals surface area contributed by atoms with Gasteiger partial charge in [0.1, 0.15) is 0 Å². The van der Waals surface area contributed by atoms with Gasteiger partial charge >= 0.3 is 0 Å². The van der Waals surface area contributed by atoms with Crippen LogP contribution in [0, 0.1) is 6.92 Å². The Bertz CT molecular complexity index is 364. The number of nitrogens with zero attached hydrogens (tertiary/aromatic N) is 3. The molecule has 0 aliphatic carbocycles. The van der Waals surface area contributed by atoms with Crippen molar-refractivity contribution in [3.05, 3.63) is 11.8 Å². The molecule has 1 N–H and O–H groups in total. The van der Waals surface area contributed by atoms with Crippen LogP contribution in [0.25, 0.3) is 0 Å². The molecule has 0 bridgehead atoms. The van der Waals surface area contributed by atoms with Gasteiger partial charge in [0.2, 0.25) is 11.8 Å². The van der Waals surface area contributed by atoms with Crippen molar-refractivity contribution >= 4 is 5.95 Å². The molecule has 0 saturated carbocycles. The molecule has 1 saturated heterocycles. The summed E-state index contributed by atoms with van der Waals surface area (Å²) < 4.78 is 5.41. The first-order valence-corrected chi connectivity index (χ1v) is 6.28. The Morgan fingerprint density at radius 3 is 2.76 bits per heavy atom. The molecule has 1 aromatic rings. The van der Waals surface area contributed by atoms with Crippen molar-refractivity contribution in [1.29, 1.82) is 0 Å². The molecule has 0 radical (unpaired) electrons. The number of nitrogens with one attached hydrogen (secondary N) is 1. The monoisotopic (exact) mass is 236 g/mol. The zero-order valence-corrected chi connectivity index (χ0v) is 10.6. The second kappa shape index (κ2) is 5.82. The van der Waals surface area contributed by atoms with Crippen molar-refractivity contribution in [3.63, 3.8) is 0 Å². The van der Waals surface area contributed by atoms with Crippen LogP contribution in [0.3, 0.4) is 0 Å². The molecule has 0 aromatic carbocycles. The quantitative estimate of drug-likeness (QED) is 0.866. The van der Waals surface area contributed by atoms with Crippen molar-refractivity contribution in [2.24, 2.45) is 0 Å². The molecule has 0 spiro atoms. The molecular formula is C12H20N4O. The number of hydrazine groups is 1. The molecule has 2 rings (SSSR count). The highest BCUT2D eigenvalue weighted by Gasteiger charge is 2.11. The van der Waals surface area contributed by atoms with Gasteiger partial charge in [-0.25, -0.2) is 9.99 Å². The van der Waals surface area contributed by atoms with Gasteiger partial charge in [-0.2, -0.15) is 4.98 Å². The van der Waals surface area contributed by atoms with Crippen molar-refractivity contribution in [1.82, 2.24) is 15.0 Å². The third kappa shape index (κ3) is 3.56. The van der Waals surface area contributed by atoms with Gasteiger partial charge in [0.15, 0.2) is 0 Å². The first-order chi connectivity index (χ1) is 8.28. The van der Waals surface area contributed by atoms with Crippen molar-refractivity contribution in [3.8, 4) is 5.88 Å². The molecule has 5 heteroatoms. The van der Waals surface area contributed by atoms with Crippen molar-refractivity contribution in [2.75, 3.05) is 25.1 Å². The van der Waals surface area contributed by atoms with E-state index < -0.39 is 0 Å². The van der Waals surface area contributed by atoms with E-state index in [4.69, 9.17) is 4.74 Å². The van der Waals surface area contributed by atoms with Gasteiger partial charge in [-0.3, -0.25) is 5.43 Å². The molecular weight excluding hydrogens is 216 g/mol. The van der Waals surface area contributed by atoms with Crippen LogP contribution in [0.5, 0.6) is 5.88 Å². The van der Waals surface area contributed by atoms with E-state index >= 15 is 0 Å². The average Bonchev–Trinajstić information content (AvgIpc) is 2.30. The van der Waals surface area contributed by atoms with Crippen molar-refractivity contribution < 1.29 is 4.74 Å². The third-order valence-electron chi connectivity index (χ3n) is 2.74. The molecule has 1 aromatic heterocycles. The number of piperidine rings is 1. The smallest absolute Gasteiger partial charge is 0.241 e. The van der Waals surface area contributed by atoms with Gasteiger partial charge in [0, 0.05) is 24.8 Å². The Morgan fingerprint density at radius 1 is 1.29 bits per heavy atom. The number of hydrogen-bond acceptors (Lipinski definition) is 5. The highest BCUT2D eigenvalue weighted by Crippen LogP contribution is 2.14. The van der Waals surface area contributed by atoms with Gasteiger partial charge in [-0.15, -0.1) is 0 Å². The van der Waals surface area contributed by atoms with E-state index in [0.29, 0.717) is 18.4 Å². The second-order valence-electron chi connectivity index (χ2n) is 4.26. The predicted octanol–water partition coefficient (Wildman–Crippen LogP) is 2.00. The molecule has 1 aliphatic rings. The maximum absolute atomic E-state index is 5.41. The summed E-state index contributed by atoms with van der Waals surface area (Å²) in [6.07, 6.45) is 3.78. The Kier molecular flexibility index (Phi) is 4.14. The topological polar surface area (TPSA) is 50.3 Å². The Morgan fingerprint density at radius 2 is 2.06 bits per heavy atom. The maximum atomic E-state index is 5.41. The molecule has 1 fully saturated rings. The molecule has 0 amide bonds. The second-order valence-corrected chi connectivity index (χ2v) is 4.26. The normalized spacial score (nSPS) is 16.8. The summed E-state index contributed by atoms with van der Waals surface area (Å²) in [4.78, 5) is 8.70. The van der Waals surface area contributed by atoms with E-state index in [0.717, 1.165) is 18.8 Å². The minimum absolute atomic E-state index is 0.625. The lowest BCUT2D eigenvalue weighted by Crippen LogP contribution is -2.35. The SMILES string of the molecule is CCOc1cc(C)nc(NN2CCCCC2)n1. The number of ether oxygens (including phenoxy) is 1. The van der Waals surface area contributed by atoms with Crippen molar-refractivity contribution in [2.45, 2.75) is 33.1 Å². The minimum Gasteiger partial charge on any atom is -0.478 e. The molecule has 0 unspecified atom stereocenters. The highest BCUT2D eigenvalue weighted by atomic mass is 16.5. The van der Waals surface area contributed by atoms with Crippen LogP contribution in [0.2, 0.25) is 0 Å². The lowest BCUT2D eigenvalue weighted by Gasteiger charge is -2.26. The fourth-order valence-corrected chi connectivity index (χ4v) is 1.96. The van der Waals surface area contributed by atoms with Crippen LogP contribution in [0.1, 0.15) is 31.9 Å². The highest BCUT2D eigenvalue weighted by molar-refractivity contribution is 5.29. The van der Waals surface area contributed by atoms with Crippen LogP contribution < -0.4 is 10.2 Å². The van der Waals surface area contributed by atoms with Gasteiger partial charge in [0.05, 0.1) is 6.61 Å². The molecule has 1 aliphatic heterocycles. The van der Waals surface area contributed by atoms with Gasteiger partial charge in [-0.1, -0.05) is 6.42 Å². The summed E-state index contributed by atoms with van der Waals surface area (Å²) in [7, 11) is 0. The van der Waals surface area contributed by atoms with Crippen LogP contribution >= 0.6 is 0 Å². The molecule has 2 heterocycles. The zero-order valence-electron chi connectivity index (χ0n) is 10.6. The summed E-state index contributed by atoms with van der Waals surface area (Å²) in [6, 6.07) is 1.85. The Balaban J connectivity index is 2.03. The summed E-state index contributed by atoms with van der Waals surface area (Å²) in [5.41, 5.74) is 4.17. The molecule has 0 atom stereocenters. The van der Waals surface area contributed by atoms with Crippen LogP contribution in [-0.4, -0.2) is 34.7 Å². The van der Waals surface area contributed by atoms with E-state index in [9.17, 15) is 0 Å². The van der Waals surface area contributed by atoms with E-state index in [-0.39, 0.29) is 0 Å². The lowest BCUT2D eigenvalue weighted by atomic mass is 10.2. The Hall–Kier alpha value is -1.36. The number of hydrogen-bond donors (Lipinski definition) is 1. The average molecular weight is 236 g/mol. The minimum atomic E-state index is 0.625. The van der Waals surface area contributed by atoms with Crippen LogP contribution in [0.15, 0.2) is 6.07 Å². The van der Waals surface area contributed by atoms with Gasteiger partial charge in [-0.05, 0) is 26.7 Å². The number of aromatic nitrogens is 2. The molecule has 17 heavy (non-hydrogen) atoms. The standard InChI is InChI=1S/C12H20N4O/c1-3-17-11-9-10(2)13-12(14-11)15-16-7-5-4-6-8-16/h9H,3-8H2,1-2H3,(H,13,14,15). The Labute approximate surface area is 102 Å². The van der Waals surface area contributed by atoms with Crippen LogP contribution in [-0.2, 0) is 0 Å². The number of rotatable bonds is 4. The van der Waals surface area contributed by atoms with Gasteiger partial charge < -0.3 is 4.74 Å². The largest absolute Gasteiger partial charge is 0.478 e. The number of aryl methyl sites for hydroxylation is 1. The fraction of sp³-hybridized carbons (Fsp3) is 0.667. The van der Waals surface area contributed by atoms with Crippen LogP contribution in [0.4, 0.5) is 5.95 Å². The van der Waals surface area contributed by atoms with E-state index in [1.807, 2.05) is 19.9 Å². The molecule has 94 valence electrons. The summed E-state index contributed by atoms with van der Waals surface area (Å²) >= 11 is 0. The first kappa shape index (κ1) is 12.1. The summed E-state index contributed by atoms with van der Waals surface area (Å²) in [5.74, 6) is 1.27. The third-order valence-corrected chi connectivity index (χ3v) is 2.74.